The third-order valence-corrected chi connectivity index (χ3v) is 7.51. The van der Waals surface area contributed by atoms with Gasteiger partial charge in [0.05, 0.1) is 12.7 Å². The average Bonchev–Trinajstić information content (AvgIpc) is 2.51. The molecule has 3 aliphatic carbocycles. The van der Waals surface area contributed by atoms with Gasteiger partial charge in [-0.05, 0) is 61.7 Å². The van der Waals surface area contributed by atoms with Crippen LogP contribution in [-0.4, -0.2) is 22.9 Å². The SMILES string of the molecule is C=C[C@@]1(C)CCC2=C(CC[C@H]3[C@](C)(CO)[C@@H](O)CC[C@]23C)C1. The van der Waals surface area contributed by atoms with Crippen LogP contribution in [-0.2, 0) is 0 Å². The van der Waals surface area contributed by atoms with E-state index in [1.54, 1.807) is 11.1 Å². The average molecular weight is 304 g/mol. The highest BCUT2D eigenvalue weighted by Gasteiger charge is 2.56. The summed E-state index contributed by atoms with van der Waals surface area (Å²) in [6, 6.07) is 0. The van der Waals surface area contributed by atoms with Crippen molar-refractivity contribution >= 4 is 0 Å². The van der Waals surface area contributed by atoms with Crippen molar-refractivity contribution in [1.82, 2.24) is 0 Å². The predicted molar refractivity (Wildman–Crippen MR) is 90.4 cm³/mol. The summed E-state index contributed by atoms with van der Waals surface area (Å²) < 4.78 is 0. The molecule has 0 saturated heterocycles. The van der Waals surface area contributed by atoms with Crippen molar-refractivity contribution in [3.8, 4) is 0 Å². The molecule has 3 rings (SSSR count). The van der Waals surface area contributed by atoms with Crippen molar-refractivity contribution in [3.63, 3.8) is 0 Å². The largest absolute Gasteiger partial charge is 0.396 e. The first kappa shape index (κ1) is 16.3. The van der Waals surface area contributed by atoms with Gasteiger partial charge in [0.1, 0.15) is 0 Å². The van der Waals surface area contributed by atoms with Crippen LogP contribution in [0.2, 0.25) is 0 Å². The van der Waals surface area contributed by atoms with Crippen LogP contribution >= 0.6 is 0 Å². The van der Waals surface area contributed by atoms with E-state index in [1.165, 1.54) is 12.8 Å². The third kappa shape index (κ3) is 2.14. The Morgan fingerprint density at radius 3 is 2.55 bits per heavy atom. The van der Waals surface area contributed by atoms with E-state index in [4.69, 9.17) is 0 Å². The number of aliphatic hydroxyl groups is 2. The first-order chi connectivity index (χ1) is 10.3. The fourth-order valence-corrected chi connectivity index (χ4v) is 5.82. The Kier molecular flexibility index (Phi) is 3.85. The van der Waals surface area contributed by atoms with Gasteiger partial charge >= 0.3 is 0 Å². The van der Waals surface area contributed by atoms with Gasteiger partial charge in [-0.15, -0.1) is 6.58 Å². The van der Waals surface area contributed by atoms with E-state index in [-0.39, 0.29) is 29.0 Å². The topological polar surface area (TPSA) is 40.5 Å². The van der Waals surface area contributed by atoms with Gasteiger partial charge in [0.15, 0.2) is 0 Å². The molecule has 0 aromatic rings. The Balaban J connectivity index is 2.00. The van der Waals surface area contributed by atoms with Gasteiger partial charge in [-0.2, -0.15) is 0 Å². The molecule has 2 heteroatoms. The fourth-order valence-electron chi connectivity index (χ4n) is 5.82. The number of aliphatic hydroxyl groups excluding tert-OH is 2. The van der Waals surface area contributed by atoms with Crippen molar-refractivity contribution in [2.75, 3.05) is 6.61 Å². The zero-order valence-electron chi connectivity index (χ0n) is 14.5. The summed E-state index contributed by atoms with van der Waals surface area (Å²) in [6.45, 7) is 11.0. The lowest BCUT2D eigenvalue weighted by atomic mass is 9.47. The molecule has 0 bridgehead atoms. The quantitative estimate of drug-likeness (QED) is 0.750. The van der Waals surface area contributed by atoms with Crippen LogP contribution in [0.4, 0.5) is 0 Å². The minimum Gasteiger partial charge on any atom is -0.396 e. The first-order valence-electron chi connectivity index (χ1n) is 8.93. The number of rotatable bonds is 2. The third-order valence-electron chi connectivity index (χ3n) is 7.51. The van der Waals surface area contributed by atoms with Crippen LogP contribution < -0.4 is 0 Å². The van der Waals surface area contributed by atoms with Crippen molar-refractivity contribution in [2.45, 2.75) is 71.8 Å². The Hall–Kier alpha value is -0.600. The molecule has 22 heavy (non-hydrogen) atoms. The van der Waals surface area contributed by atoms with E-state index in [9.17, 15) is 10.2 Å². The molecule has 0 amide bonds. The van der Waals surface area contributed by atoms with E-state index in [0.29, 0.717) is 5.92 Å². The smallest absolute Gasteiger partial charge is 0.0619 e. The first-order valence-corrected chi connectivity index (χ1v) is 8.93. The molecule has 5 atom stereocenters. The van der Waals surface area contributed by atoms with Crippen molar-refractivity contribution < 1.29 is 10.2 Å². The van der Waals surface area contributed by atoms with Crippen molar-refractivity contribution in [1.29, 1.82) is 0 Å². The second-order valence-corrected chi connectivity index (χ2v) is 8.84. The Morgan fingerprint density at radius 2 is 1.91 bits per heavy atom. The summed E-state index contributed by atoms with van der Waals surface area (Å²) in [5.41, 5.74) is 3.41. The molecular weight excluding hydrogens is 272 g/mol. The predicted octanol–water partition coefficient (Wildman–Crippen LogP) is 4.23. The number of hydrogen-bond donors (Lipinski definition) is 2. The van der Waals surface area contributed by atoms with E-state index < -0.39 is 0 Å². The van der Waals surface area contributed by atoms with Crippen molar-refractivity contribution in [3.05, 3.63) is 23.8 Å². The van der Waals surface area contributed by atoms with E-state index >= 15 is 0 Å². The zero-order chi connectivity index (χ0) is 16.2. The maximum absolute atomic E-state index is 10.5. The summed E-state index contributed by atoms with van der Waals surface area (Å²) >= 11 is 0. The summed E-state index contributed by atoms with van der Waals surface area (Å²) in [7, 11) is 0. The molecule has 0 aliphatic heterocycles. The van der Waals surface area contributed by atoms with Gasteiger partial charge in [-0.1, -0.05) is 38.0 Å². The fraction of sp³-hybridized carbons (Fsp3) is 0.800. The van der Waals surface area contributed by atoms with Crippen LogP contribution in [0.25, 0.3) is 0 Å². The standard InChI is InChI=1S/C20H32O2/c1-5-18(2)10-8-15-14(12-18)6-7-16-19(15,3)11-9-17(22)20(16,4)13-21/h5,16-17,21-22H,1,6-13H2,2-4H3/t16-,17+,18+,19-,20+/m1/s1. The molecule has 1 saturated carbocycles. The van der Waals surface area contributed by atoms with Crippen LogP contribution in [0.1, 0.15) is 65.7 Å². The highest BCUT2D eigenvalue weighted by atomic mass is 16.3. The molecule has 1 fully saturated rings. The Labute approximate surface area is 135 Å². The van der Waals surface area contributed by atoms with Crippen molar-refractivity contribution in [2.24, 2.45) is 22.2 Å². The maximum atomic E-state index is 10.5. The van der Waals surface area contributed by atoms with Gasteiger partial charge < -0.3 is 10.2 Å². The lowest BCUT2D eigenvalue weighted by Crippen LogP contribution is -2.55. The lowest BCUT2D eigenvalue weighted by molar-refractivity contribution is -0.124. The lowest BCUT2D eigenvalue weighted by Gasteiger charge is -2.59. The normalized spacial score (nSPS) is 48.6. The van der Waals surface area contributed by atoms with Crippen LogP contribution in [0.3, 0.4) is 0 Å². The highest BCUT2D eigenvalue weighted by molar-refractivity contribution is 5.33. The second-order valence-electron chi connectivity index (χ2n) is 8.84. The molecule has 0 radical (unpaired) electrons. The van der Waals surface area contributed by atoms with Gasteiger partial charge in [0.2, 0.25) is 0 Å². The summed E-state index contributed by atoms with van der Waals surface area (Å²) in [5, 5.41) is 20.5. The van der Waals surface area contributed by atoms with E-state index in [2.05, 4.69) is 33.4 Å². The zero-order valence-corrected chi connectivity index (χ0v) is 14.5. The number of hydrogen-bond acceptors (Lipinski definition) is 2. The molecule has 0 aromatic heterocycles. The highest BCUT2D eigenvalue weighted by Crippen LogP contribution is 2.62. The minimum absolute atomic E-state index is 0.0986. The molecule has 0 unspecified atom stereocenters. The van der Waals surface area contributed by atoms with E-state index in [0.717, 1.165) is 32.1 Å². The summed E-state index contributed by atoms with van der Waals surface area (Å²) in [6.07, 6.45) is 9.44. The van der Waals surface area contributed by atoms with Gasteiger partial charge in [0, 0.05) is 5.41 Å². The van der Waals surface area contributed by atoms with Gasteiger partial charge in [-0.3, -0.25) is 0 Å². The number of allylic oxidation sites excluding steroid dienone is 3. The number of fused-ring (bicyclic) bond motifs is 2. The summed E-state index contributed by atoms with van der Waals surface area (Å²) in [4.78, 5) is 0. The molecule has 0 aromatic carbocycles. The molecule has 0 spiro atoms. The Morgan fingerprint density at radius 1 is 1.18 bits per heavy atom. The monoisotopic (exact) mass is 304 g/mol. The molecule has 3 aliphatic rings. The maximum Gasteiger partial charge on any atom is 0.0619 e. The van der Waals surface area contributed by atoms with Crippen LogP contribution in [0.15, 0.2) is 23.8 Å². The van der Waals surface area contributed by atoms with Gasteiger partial charge in [0.25, 0.3) is 0 Å². The molecular formula is C20H32O2. The second kappa shape index (κ2) is 5.21. The molecule has 124 valence electrons. The molecule has 2 nitrogen and oxygen atoms in total. The molecule has 0 heterocycles. The Bertz CT molecular complexity index is 508. The summed E-state index contributed by atoms with van der Waals surface area (Å²) in [5.74, 6) is 0.403. The van der Waals surface area contributed by atoms with Crippen LogP contribution in [0, 0.1) is 22.2 Å². The molecule has 2 N–H and O–H groups in total. The minimum atomic E-state index is -0.361. The van der Waals surface area contributed by atoms with Gasteiger partial charge in [-0.25, -0.2) is 0 Å². The van der Waals surface area contributed by atoms with E-state index in [1.807, 2.05) is 0 Å². The van der Waals surface area contributed by atoms with Crippen LogP contribution in [0.5, 0.6) is 0 Å².